The third-order valence-corrected chi connectivity index (χ3v) is 3.90. The molecule has 22 heavy (non-hydrogen) atoms. The Bertz CT molecular complexity index is 627. The minimum Gasteiger partial charge on any atom is -0.352 e. The van der Waals surface area contributed by atoms with Crippen molar-refractivity contribution in [2.45, 2.75) is 26.2 Å². The van der Waals surface area contributed by atoms with Crippen LogP contribution in [0.5, 0.6) is 0 Å². The van der Waals surface area contributed by atoms with Crippen LogP contribution in [0, 0.1) is 0 Å². The van der Waals surface area contributed by atoms with E-state index in [2.05, 4.69) is 20.8 Å². The molecule has 0 aliphatic rings. The first-order chi connectivity index (χ1) is 10.7. The normalized spacial score (nSPS) is 10.2. The van der Waals surface area contributed by atoms with Gasteiger partial charge >= 0.3 is 0 Å². The number of rotatable bonds is 7. The second-order valence-corrected chi connectivity index (χ2v) is 5.69. The number of nitrogens with zero attached hydrogens (tertiary/aromatic N) is 2. The fraction of sp³-hybridized carbons (Fsp3) is 0.333. The van der Waals surface area contributed by atoms with Crippen molar-refractivity contribution in [1.29, 1.82) is 0 Å². The summed E-state index contributed by atoms with van der Waals surface area (Å²) in [5.74, 6) is -0.245. The predicted octanol–water partition coefficient (Wildman–Crippen LogP) is 2.25. The highest BCUT2D eigenvalue weighted by Gasteiger charge is 2.08. The Hall–Kier alpha value is -2.28. The number of nitrogens with one attached hydrogen (secondary N) is 2. The fourth-order valence-electron chi connectivity index (χ4n) is 1.77. The summed E-state index contributed by atoms with van der Waals surface area (Å²) in [4.78, 5) is 23.5. The van der Waals surface area contributed by atoms with Gasteiger partial charge in [0.25, 0.3) is 5.91 Å². The summed E-state index contributed by atoms with van der Waals surface area (Å²) in [6, 6.07) is 8.99. The lowest BCUT2D eigenvalue weighted by molar-refractivity contribution is -0.116. The summed E-state index contributed by atoms with van der Waals surface area (Å²) in [6.45, 7) is 2.44. The van der Waals surface area contributed by atoms with Crippen LogP contribution < -0.4 is 10.6 Å². The monoisotopic (exact) mass is 318 g/mol. The van der Waals surface area contributed by atoms with Gasteiger partial charge in [-0.1, -0.05) is 36.5 Å². The fourth-order valence-corrected chi connectivity index (χ4v) is 2.47. The standard InChI is InChI=1S/C15H18N4O2S/c1-2-13-18-19-15(22-13)17-12(20)9-6-10-16-14(21)11-7-4-3-5-8-11/h3-5,7-8H,2,6,9-10H2,1H3,(H,16,21)(H,17,19,20). The molecule has 0 aliphatic heterocycles. The maximum Gasteiger partial charge on any atom is 0.251 e. The number of anilines is 1. The SMILES string of the molecule is CCc1nnc(NC(=O)CCCNC(=O)c2ccccc2)s1. The van der Waals surface area contributed by atoms with Crippen LogP contribution in [0.3, 0.4) is 0 Å². The molecule has 0 spiro atoms. The van der Waals surface area contributed by atoms with Gasteiger partial charge in [0.15, 0.2) is 0 Å². The first-order valence-corrected chi connectivity index (χ1v) is 7.96. The Labute approximate surface area is 133 Å². The Morgan fingerprint density at radius 1 is 1.18 bits per heavy atom. The number of amides is 2. The summed E-state index contributed by atoms with van der Waals surface area (Å²) >= 11 is 1.38. The second kappa shape index (κ2) is 8.23. The van der Waals surface area contributed by atoms with Gasteiger partial charge in [-0.25, -0.2) is 0 Å². The lowest BCUT2D eigenvalue weighted by Gasteiger charge is -2.05. The molecule has 1 aromatic carbocycles. The molecule has 0 atom stereocenters. The van der Waals surface area contributed by atoms with Gasteiger partial charge in [-0.3, -0.25) is 9.59 Å². The van der Waals surface area contributed by atoms with Gasteiger partial charge < -0.3 is 10.6 Å². The van der Waals surface area contributed by atoms with Gasteiger partial charge in [0.2, 0.25) is 11.0 Å². The van der Waals surface area contributed by atoms with Crippen molar-refractivity contribution >= 4 is 28.3 Å². The van der Waals surface area contributed by atoms with Gasteiger partial charge in [-0.15, -0.1) is 10.2 Å². The van der Waals surface area contributed by atoms with Crippen molar-refractivity contribution in [2.75, 3.05) is 11.9 Å². The van der Waals surface area contributed by atoms with E-state index in [1.165, 1.54) is 11.3 Å². The number of hydrogen-bond donors (Lipinski definition) is 2. The van der Waals surface area contributed by atoms with Crippen LogP contribution in [0.15, 0.2) is 30.3 Å². The average Bonchev–Trinajstić information content (AvgIpc) is 2.99. The minimum absolute atomic E-state index is 0.118. The highest BCUT2D eigenvalue weighted by Crippen LogP contribution is 2.15. The number of hydrogen-bond acceptors (Lipinski definition) is 5. The van der Waals surface area contributed by atoms with E-state index in [1.807, 2.05) is 25.1 Å². The van der Waals surface area contributed by atoms with Crippen LogP contribution >= 0.6 is 11.3 Å². The van der Waals surface area contributed by atoms with E-state index in [1.54, 1.807) is 12.1 Å². The van der Waals surface area contributed by atoms with Gasteiger partial charge in [0, 0.05) is 18.5 Å². The summed E-state index contributed by atoms with van der Waals surface area (Å²) in [6.07, 6.45) is 1.71. The van der Waals surface area contributed by atoms with E-state index in [4.69, 9.17) is 0 Å². The van der Waals surface area contributed by atoms with Crippen LogP contribution in [-0.2, 0) is 11.2 Å². The van der Waals surface area contributed by atoms with Gasteiger partial charge in [0.1, 0.15) is 5.01 Å². The van der Waals surface area contributed by atoms with Gasteiger partial charge in [0.05, 0.1) is 0 Å². The van der Waals surface area contributed by atoms with E-state index in [0.717, 1.165) is 11.4 Å². The first kappa shape index (κ1) is 16.1. The van der Waals surface area contributed by atoms with Gasteiger partial charge in [-0.05, 0) is 25.0 Å². The molecule has 0 aliphatic carbocycles. The van der Waals surface area contributed by atoms with E-state index in [-0.39, 0.29) is 11.8 Å². The first-order valence-electron chi connectivity index (χ1n) is 7.14. The Balaban J connectivity index is 1.66. The van der Waals surface area contributed by atoms with Crippen LogP contribution in [0.1, 0.15) is 35.1 Å². The molecule has 6 nitrogen and oxygen atoms in total. The van der Waals surface area contributed by atoms with Gasteiger partial charge in [-0.2, -0.15) is 0 Å². The van der Waals surface area contributed by atoms with Crippen LogP contribution in [0.4, 0.5) is 5.13 Å². The lowest BCUT2D eigenvalue weighted by Crippen LogP contribution is -2.25. The number of aryl methyl sites for hydroxylation is 1. The second-order valence-electron chi connectivity index (χ2n) is 4.63. The molecule has 2 amide bonds. The molecule has 0 bridgehead atoms. The van der Waals surface area contributed by atoms with Crippen molar-refractivity contribution in [1.82, 2.24) is 15.5 Å². The quantitative estimate of drug-likeness (QED) is 0.767. The molecule has 2 rings (SSSR count). The molecule has 1 aromatic heterocycles. The average molecular weight is 318 g/mol. The molecule has 0 radical (unpaired) electrons. The Morgan fingerprint density at radius 3 is 2.64 bits per heavy atom. The van der Waals surface area contributed by atoms with Crippen LogP contribution in [0.25, 0.3) is 0 Å². The van der Waals surface area contributed by atoms with E-state index < -0.39 is 0 Å². The number of carbonyl (C=O) groups is 2. The number of benzene rings is 1. The van der Waals surface area contributed by atoms with E-state index in [9.17, 15) is 9.59 Å². The Morgan fingerprint density at radius 2 is 1.95 bits per heavy atom. The molecule has 2 aromatic rings. The minimum atomic E-state index is -0.127. The van der Waals surface area contributed by atoms with E-state index >= 15 is 0 Å². The molecule has 0 saturated carbocycles. The van der Waals surface area contributed by atoms with Crippen molar-refractivity contribution < 1.29 is 9.59 Å². The topological polar surface area (TPSA) is 84.0 Å². The van der Waals surface area contributed by atoms with Crippen LogP contribution in [-0.4, -0.2) is 28.6 Å². The lowest BCUT2D eigenvalue weighted by atomic mass is 10.2. The smallest absolute Gasteiger partial charge is 0.251 e. The number of aromatic nitrogens is 2. The molecule has 0 unspecified atom stereocenters. The molecular weight excluding hydrogens is 300 g/mol. The molecule has 1 heterocycles. The summed E-state index contributed by atoms with van der Waals surface area (Å²) in [5.41, 5.74) is 0.618. The maximum atomic E-state index is 11.8. The Kier molecular flexibility index (Phi) is 6.02. The van der Waals surface area contributed by atoms with Crippen molar-refractivity contribution in [3.05, 3.63) is 40.9 Å². The highest BCUT2D eigenvalue weighted by molar-refractivity contribution is 7.15. The molecule has 2 N–H and O–H groups in total. The van der Waals surface area contributed by atoms with E-state index in [0.29, 0.717) is 30.1 Å². The zero-order valence-corrected chi connectivity index (χ0v) is 13.2. The van der Waals surface area contributed by atoms with Crippen molar-refractivity contribution in [3.8, 4) is 0 Å². The molecule has 116 valence electrons. The molecule has 0 saturated heterocycles. The maximum absolute atomic E-state index is 11.8. The molecular formula is C15H18N4O2S. The zero-order chi connectivity index (χ0) is 15.8. The zero-order valence-electron chi connectivity index (χ0n) is 12.3. The molecule has 7 heteroatoms. The predicted molar refractivity (Wildman–Crippen MR) is 85.9 cm³/mol. The molecule has 0 fully saturated rings. The summed E-state index contributed by atoms with van der Waals surface area (Å²) in [7, 11) is 0. The van der Waals surface area contributed by atoms with Crippen molar-refractivity contribution in [3.63, 3.8) is 0 Å². The third kappa shape index (κ3) is 4.92. The summed E-state index contributed by atoms with van der Waals surface area (Å²) in [5, 5.41) is 14.7. The van der Waals surface area contributed by atoms with Crippen molar-refractivity contribution in [2.24, 2.45) is 0 Å². The summed E-state index contributed by atoms with van der Waals surface area (Å²) < 4.78 is 0. The largest absolute Gasteiger partial charge is 0.352 e. The third-order valence-electron chi connectivity index (χ3n) is 2.92. The highest BCUT2D eigenvalue weighted by atomic mass is 32.1. The van der Waals surface area contributed by atoms with Crippen LogP contribution in [0.2, 0.25) is 0 Å². The number of carbonyl (C=O) groups excluding carboxylic acids is 2.